The van der Waals surface area contributed by atoms with Crippen molar-refractivity contribution in [3.05, 3.63) is 23.5 Å². The van der Waals surface area contributed by atoms with Crippen molar-refractivity contribution in [2.75, 3.05) is 19.4 Å². The zero-order valence-corrected chi connectivity index (χ0v) is 20.1. The number of carbonyl (C=O) groups is 2. The van der Waals surface area contributed by atoms with Crippen LogP contribution in [0.15, 0.2) is 12.3 Å². The van der Waals surface area contributed by atoms with Gasteiger partial charge >= 0.3 is 13.9 Å². The summed E-state index contributed by atoms with van der Waals surface area (Å²) in [5.41, 5.74) is 2.35. The van der Waals surface area contributed by atoms with Gasteiger partial charge in [0.1, 0.15) is 0 Å². The minimum atomic E-state index is -5.07. The molecular weight excluding hydrogens is 489 g/mol. The minimum Gasteiger partial charge on any atom is -0.395 e. The highest BCUT2D eigenvalue weighted by Gasteiger charge is 2.45. The van der Waals surface area contributed by atoms with Gasteiger partial charge in [0.25, 0.3) is 5.91 Å². The van der Waals surface area contributed by atoms with Crippen LogP contribution >= 0.6 is 7.82 Å². The van der Waals surface area contributed by atoms with Gasteiger partial charge in [0, 0.05) is 30.3 Å². The normalized spacial score (nSPS) is 18.1. The van der Waals surface area contributed by atoms with Gasteiger partial charge in [0.15, 0.2) is 14.6 Å². The molecular formula is C20H24N3O9PS. The number of sulfone groups is 1. The van der Waals surface area contributed by atoms with Crippen LogP contribution in [0.3, 0.4) is 0 Å². The molecule has 1 aromatic heterocycles. The third kappa shape index (κ3) is 5.70. The molecule has 1 aliphatic heterocycles. The van der Waals surface area contributed by atoms with E-state index in [1.165, 1.54) is 21.1 Å². The van der Waals surface area contributed by atoms with Crippen LogP contribution in [0.5, 0.6) is 0 Å². The van der Waals surface area contributed by atoms with Gasteiger partial charge in [0.05, 0.1) is 18.6 Å². The number of aromatic nitrogens is 1. The molecule has 0 saturated heterocycles. The van der Waals surface area contributed by atoms with Crippen LogP contribution in [0.25, 0.3) is 0 Å². The van der Waals surface area contributed by atoms with Crippen molar-refractivity contribution in [2.45, 2.75) is 37.5 Å². The van der Waals surface area contributed by atoms with Crippen LogP contribution in [-0.4, -0.2) is 68.9 Å². The Kier molecular flexibility index (Phi) is 7.02. The van der Waals surface area contributed by atoms with Crippen LogP contribution in [0.2, 0.25) is 0 Å². The molecule has 1 aromatic rings. The lowest BCUT2D eigenvalue weighted by molar-refractivity contribution is -0.131. The summed E-state index contributed by atoms with van der Waals surface area (Å²) in [6.45, 7) is 1.12. The maximum Gasteiger partial charge on any atom is 0.491 e. The summed E-state index contributed by atoms with van der Waals surface area (Å²) in [4.78, 5) is 43.9. The first-order valence-corrected chi connectivity index (χ1v) is 13.5. The summed E-state index contributed by atoms with van der Waals surface area (Å²) in [5, 5.41) is 9.24. The van der Waals surface area contributed by atoms with E-state index in [1.807, 2.05) is 0 Å². The maximum atomic E-state index is 12.7. The predicted molar refractivity (Wildman–Crippen MR) is 118 cm³/mol. The number of nitrogens with zero attached hydrogens (tertiary/aromatic N) is 2. The van der Waals surface area contributed by atoms with Gasteiger partial charge < -0.3 is 19.8 Å². The van der Waals surface area contributed by atoms with Crippen molar-refractivity contribution in [1.82, 2.24) is 14.9 Å². The molecule has 1 saturated carbocycles. The van der Waals surface area contributed by atoms with Crippen molar-refractivity contribution in [2.24, 2.45) is 5.41 Å². The summed E-state index contributed by atoms with van der Waals surface area (Å²) in [7, 11) is -9.13. The first kappa shape index (κ1) is 26.0. The number of hydrogen-bond acceptors (Lipinski definition) is 7. The molecule has 3 rings (SSSR count). The number of amides is 2. The van der Waals surface area contributed by atoms with Gasteiger partial charge in [-0.15, -0.1) is 0 Å². The monoisotopic (exact) mass is 513 g/mol. The molecule has 0 bridgehead atoms. The average Bonchev–Trinajstić information content (AvgIpc) is 3.32. The fraction of sp³-hybridized carbons (Fsp3) is 0.500. The second-order valence-electron chi connectivity index (χ2n) is 8.50. The van der Waals surface area contributed by atoms with Crippen LogP contribution in [-0.2, 0) is 30.4 Å². The SMILES string of the molecule is C[C@@](CCN1Cc2cc(C#CC#CC3(CO)CC3)cn2C1=O)(C(=O)NOP(=O)(O)O)S(C)(=O)=O. The molecule has 4 N–H and O–H groups in total. The van der Waals surface area contributed by atoms with E-state index in [0.29, 0.717) is 11.3 Å². The van der Waals surface area contributed by atoms with E-state index in [1.54, 1.807) is 6.07 Å². The van der Waals surface area contributed by atoms with E-state index in [2.05, 4.69) is 28.3 Å². The van der Waals surface area contributed by atoms with Crippen LogP contribution in [0.1, 0.15) is 37.4 Å². The Balaban J connectivity index is 1.65. The fourth-order valence-electron chi connectivity index (χ4n) is 3.23. The van der Waals surface area contributed by atoms with E-state index in [0.717, 1.165) is 26.0 Å². The molecule has 184 valence electrons. The largest absolute Gasteiger partial charge is 0.491 e. The number of aliphatic hydroxyl groups excluding tert-OH is 1. The molecule has 0 unspecified atom stereocenters. The Morgan fingerprint density at radius 2 is 2.03 bits per heavy atom. The van der Waals surface area contributed by atoms with Crippen LogP contribution in [0, 0.1) is 29.1 Å². The number of aliphatic hydroxyl groups is 1. The summed E-state index contributed by atoms with van der Waals surface area (Å²) in [6.07, 6.45) is 3.69. The Hall–Kier alpha value is -2.64. The molecule has 2 amide bonds. The third-order valence-electron chi connectivity index (χ3n) is 5.90. The van der Waals surface area contributed by atoms with E-state index in [4.69, 9.17) is 9.79 Å². The number of carbonyl (C=O) groups excluding carboxylic acids is 2. The fourth-order valence-corrected chi connectivity index (χ4v) is 4.27. The molecule has 0 spiro atoms. The van der Waals surface area contributed by atoms with E-state index < -0.39 is 34.3 Å². The van der Waals surface area contributed by atoms with Crippen molar-refractivity contribution < 1.29 is 42.1 Å². The van der Waals surface area contributed by atoms with Crippen LogP contribution in [0.4, 0.5) is 4.79 Å². The van der Waals surface area contributed by atoms with E-state index >= 15 is 0 Å². The molecule has 12 nitrogen and oxygen atoms in total. The zero-order valence-electron chi connectivity index (χ0n) is 18.4. The van der Waals surface area contributed by atoms with Crippen molar-refractivity contribution >= 4 is 29.6 Å². The Morgan fingerprint density at radius 3 is 2.56 bits per heavy atom. The van der Waals surface area contributed by atoms with Gasteiger partial charge in [-0.3, -0.25) is 9.36 Å². The first-order valence-electron chi connectivity index (χ1n) is 10.1. The summed E-state index contributed by atoms with van der Waals surface area (Å²) in [6, 6.07) is 1.26. The highest BCUT2D eigenvalue weighted by atomic mass is 32.2. The van der Waals surface area contributed by atoms with Crippen LogP contribution < -0.4 is 5.48 Å². The summed E-state index contributed by atoms with van der Waals surface area (Å²) < 4.78 is 38.5. The van der Waals surface area contributed by atoms with E-state index in [9.17, 15) is 27.7 Å². The molecule has 1 atom stereocenters. The van der Waals surface area contributed by atoms with E-state index in [-0.39, 0.29) is 31.5 Å². The number of rotatable bonds is 8. The van der Waals surface area contributed by atoms with Crippen molar-refractivity contribution in [1.29, 1.82) is 0 Å². The number of fused-ring (bicyclic) bond motifs is 1. The summed E-state index contributed by atoms with van der Waals surface area (Å²) >= 11 is 0. The van der Waals surface area contributed by atoms with Gasteiger partial charge in [-0.25, -0.2) is 23.3 Å². The molecule has 2 aliphatic rings. The third-order valence-corrected chi connectivity index (χ3v) is 8.25. The number of hydroxylamine groups is 1. The number of nitrogens with one attached hydrogen (secondary N) is 1. The lowest BCUT2D eigenvalue weighted by Crippen LogP contribution is -2.51. The molecule has 2 heterocycles. The van der Waals surface area contributed by atoms with Gasteiger partial charge in [-0.05, 0) is 44.1 Å². The Labute approximate surface area is 196 Å². The van der Waals surface area contributed by atoms with Gasteiger partial charge in [-0.1, -0.05) is 11.8 Å². The number of hydrogen-bond donors (Lipinski definition) is 4. The average molecular weight is 513 g/mol. The lowest BCUT2D eigenvalue weighted by atomic mass is 10.1. The minimum absolute atomic E-state index is 0.00325. The molecule has 14 heteroatoms. The molecule has 0 aromatic carbocycles. The Morgan fingerprint density at radius 1 is 1.35 bits per heavy atom. The molecule has 34 heavy (non-hydrogen) atoms. The highest BCUT2D eigenvalue weighted by Crippen LogP contribution is 2.44. The molecule has 1 aliphatic carbocycles. The van der Waals surface area contributed by atoms with Gasteiger partial charge in [-0.2, -0.15) is 4.62 Å². The second kappa shape index (κ2) is 9.19. The lowest BCUT2D eigenvalue weighted by Gasteiger charge is -2.28. The maximum absolute atomic E-state index is 12.7. The second-order valence-corrected chi connectivity index (χ2v) is 12.1. The number of phosphoric acid groups is 1. The topological polar surface area (TPSA) is 175 Å². The quantitative estimate of drug-likeness (QED) is 0.207. The smallest absolute Gasteiger partial charge is 0.395 e. The molecule has 1 fully saturated rings. The standard InChI is InChI=1S/C20H24N3O9PS/c1-19(34(2,30)31,17(25)21-32-33(27,28)29)9-10-22-13-16-11-15(12-23(16)18(22)26)5-3-4-6-20(14-24)7-8-20/h11-12,24H,7-10,13-14H2,1-2H3,(H,21,25)(H2,27,28,29)/t19-/m1/s1. The highest BCUT2D eigenvalue weighted by molar-refractivity contribution is 7.92. The van der Waals surface area contributed by atoms with Gasteiger partial charge in [0.2, 0.25) is 0 Å². The molecule has 0 radical (unpaired) electrons. The van der Waals surface area contributed by atoms with Crippen molar-refractivity contribution in [3.8, 4) is 23.7 Å². The zero-order chi connectivity index (χ0) is 25.4. The predicted octanol–water partition coefficient (Wildman–Crippen LogP) is -0.267. The Bertz CT molecular complexity index is 1290. The first-order chi connectivity index (χ1) is 15.7. The summed E-state index contributed by atoms with van der Waals surface area (Å²) in [5.74, 6) is 9.94. The van der Waals surface area contributed by atoms with Crippen molar-refractivity contribution in [3.63, 3.8) is 0 Å².